The van der Waals surface area contributed by atoms with Crippen molar-refractivity contribution in [1.82, 2.24) is 0 Å². The van der Waals surface area contributed by atoms with E-state index < -0.39 is 5.97 Å². The van der Waals surface area contributed by atoms with Gasteiger partial charge in [0.05, 0.1) is 0 Å². The maximum atomic E-state index is 10.9. The third kappa shape index (κ3) is 2.33. The zero-order chi connectivity index (χ0) is 10.1. The van der Waals surface area contributed by atoms with Crippen LogP contribution in [0.4, 0.5) is 0 Å². The molecule has 1 N–H and O–H groups in total. The number of carbonyl (C=O) groups is 1. The van der Waals surface area contributed by atoms with Crippen LogP contribution in [0.1, 0.15) is 46.5 Å². The Morgan fingerprint density at radius 1 is 1.54 bits per heavy atom. The lowest BCUT2D eigenvalue weighted by atomic mass is 9.91. The van der Waals surface area contributed by atoms with Gasteiger partial charge in [0, 0.05) is 5.57 Å². The van der Waals surface area contributed by atoms with E-state index in [1.165, 1.54) is 5.57 Å². The molecular weight excluding hydrogens is 164 g/mol. The zero-order valence-electron chi connectivity index (χ0n) is 8.68. The molecule has 0 aromatic heterocycles. The van der Waals surface area contributed by atoms with Crippen molar-refractivity contribution in [1.29, 1.82) is 0 Å². The number of hydrogen-bond donors (Lipinski definition) is 1. The van der Waals surface area contributed by atoms with Crippen LogP contribution in [0, 0.1) is 5.41 Å². The van der Waals surface area contributed by atoms with E-state index in [1.807, 2.05) is 6.92 Å². The Kier molecular flexibility index (Phi) is 2.79. The van der Waals surface area contributed by atoms with Crippen molar-refractivity contribution in [2.24, 2.45) is 5.41 Å². The van der Waals surface area contributed by atoms with E-state index in [1.54, 1.807) is 0 Å². The molecule has 0 bridgehead atoms. The molecule has 1 aliphatic rings. The van der Waals surface area contributed by atoms with Crippen LogP contribution in [0.3, 0.4) is 0 Å². The van der Waals surface area contributed by atoms with Crippen molar-refractivity contribution in [3.63, 3.8) is 0 Å². The second-order valence-corrected chi connectivity index (χ2v) is 4.58. The van der Waals surface area contributed by atoms with E-state index in [0.29, 0.717) is 17.4 Å². The molecule has 2 nitrogen and oxygen atoms in total. The van der Waals surface area contributed by atoms with Gasteiger partial charge >= 0.3 is 5.97 Å². The van der Waals surface area contributed by atoms with E-state index in [4.69, 9.17) is 5.11 Å². The molecule has 0 amide bonds. The summed E-state index contributed by atoms with van der Waals surface area (Å²) < 4.78 is 0. The van der Waals surface area contributed by atoms with Gasteiger partial charge in [0.25, 0.3) is 0 Å². The van der Waals surface area contributed by atoms with Crippen molar-refractivity contribution < 1.29 is 9.90 Å². The normalized spacial score (nSPS) is 24.5. The Labute approximate surface area is 79.6 Å². The molecule has 0 spiro atoms. The molecule has 0 aromatic carbocycles. The summed E-state index contributed by atoms with van der Waals surface area (Å²) in [5.74, 6) is -0.727. The topological polar surface area (TPSA) is 37.3 Å². The van der Waals surface area contributed by atoms with Crippen molar-refractivity contribution in [2.75, 3.05) is 0 Å². The SMILES string of the molecule is CC/C(C(=O)O)=C1\CCC(C)(C)C1. The average molecular weight is 182 g/mol. The van der Waals surface area contributed by atoms with Crippen LogP contribution in [0.15, 0.2) is 11.1 Å². The molecule has 0 aromatic rings. The summed E-state index contributed by atoms with van der Waals surface area (Å²) in [5.41, 5.74) is 2.12. The fraction of sp³-hybridized carbons (Fsp3) is 0.727. The molecule has 2 heteroatoms. The molecule has 13 heavy (non-hydrogen) atoms. The molecule has 0 aliphatic heterocycles. The molecule has 1 rings (SSSR count). The fourth-order valence-electron chi connectivity index (χ4n) is 2.05. The Bertz CT molecular complexity index is 249. The Morgan fingerprint density at radius 3 is 2.46 bits per heavy atom. The minimum Gasteiger partial charge on any atom is -0.478 e. The van der Waals surface area contributed by atoms with Gasteiger partial charge in [0.15, 0.2) is 0 Å². The molecule has 0 unspecified atom stereocenters. The van der Waals surface area contributed by atoms with Gasteiger partial charge in [-0.15, -0.1) is 0 Å². The number of hydrogen-bond acceptors (Lipinski definition) is 1. The summed E-state index contributed by atoms with van der Waals surface area (Å²) in [4.78, 5) is 10.9. The minimum absolute atomic E-state index is 0.311. The molecule has 1 saturated carbocycles. The van der Waals surface area contributed by atoms with E-state index in [2.05, 4.69) is 13.8 Å². The summed E-state index contributed by atoms with van der Waals surface area (Å²) >= 11 is 0. The highest BCUT2D eigenvalue weighted by Crippen LogP contribution is 2.42. The van der Waals surface area contributed by atoms with Gasteiger partial charge < -0.3 is 5.11 Å². The van der Waals surface area contributed by atoms with Crippen molar-refractivity contribution in [3.8, 4) is 0 Å². The first-order valence-corrected chi connectivity index (χ1v) is 4.90. The molecule has 1 aliphatic carbocycles. The van der Waals surface area contributed by atoms with E-state index in [-0.39, 0.29) is 0 Å². The average Bonchev–Trinajstić information content (AvgIpc) is 2.31. The molecule has 0 radical (unpaired) electrons. The van der Waals surface area contributed by atoms with Gasteiger partial charge in [-0.1, -0.05) is 26.3 Å². The van der Waals surface area contributed by atoms with Gasteiger partial charge in [-0.2, -0.15) is 0 Å². The maximum Gasteiger partial charge on any atom is 0.331 e. The number of allylic oxidation sites excluding steroid dienone is 1. The number of aliphatic carboxylic acids is 1. The quantitative estimate of drug-likeness (QED) is 0.666. The smallest absolute Gasteiger partial charge is 0.331 e. The number of carboxylic acids is 1. The third-order valence-electron chi connectivity index (χ3n) is 2.83. The van der Waals surface area contributed by atoms with Crippen LogP contribution in [0.5, 0.6) is 0 Å². The molecule has 74 valence electrons. The lowest BCUT2D eigenvalue weighted by Crippen LogP contribution is -2.05. The minimum atomic E-state index is -0.727. The van der Waals surface area contributed by atoms with Gasteiger partial charge in [-0.25, -0.2) is 4.79 Å². The first-order chi connectivity index (χ1) is 5.96. The van der Waals surface area contributed by atoms with Crippen LogP contribution in [-0.4, -0.2) is 11.1 Å². The lowest BCUT2D eigenvalue weighted by Gasteiger charge is -2.14. The number of rotatable bonds is 2. The summed E-state index contributed by atoms with van der Waals surface area (Å²) in [6.07, 6.45) is 3.71. The van der Waals surface area contributed by atoms with Crippen LogP contribution >= 0.6 is 0 Å². The van der Waals surface area contributed by atoms with Gasteiger partial charge in [0.2, 0.25) is 0 Å². The van der Waals surface area contributed by atoms with Crippen molar-refractivity contribution >= 4 is 5.97 Å². The van der Waals surface area contributed by atoms with Gasteiger partial charge in [0.1, 0.15) is 0 Å². The van der Waals surface area contributed by atoms with Crippen LogP contribution < -0.4 is 0 Å². The molecule has 0 heterocycles. The summed E-state index contributed by atoms with van der Waals surface area (Å²) in [6, 6.07) is 0. The summed E-state index contributed by atoms with van der Waals surface area (Å²) in [7, 11) is 0. The third-order valence-corrected chi connectivity index (χ3v) is 2.83. The van der Waals surface area contributed by atoms with E-state index in [9.17, 15) is 4.79 Å². The van der Waals surface area contributed by atoms with E-state index in [0.717, 1.165) is 19.3 Å². The predicted octanol–water partition coefficient (Wildman–Crippen LogP) is 2.99. The monoisotopic (exact) mass is 182 g/mol. The van der Waals surface area contributed by atoms with Gasteiger partial charge in [-0.05, 0) is 31.1 Å². The maximum absolute atomic E-state index is 10.9. The lowest BCUT2D eigenvalue weighted by molar-refractivity contribution is -0.132. The fourth-order valence-corrected chi connectivity index (χ4v) is 2.05. The van der Waals surface area contributed by atoms with Gasteiger partial charge in [-0.3, -0.25) is 0 Å². The molecular formula is C11H18O2. The van der Waals surface area contributed by atoms with Crippen molar-refractivity contribution in [2.45, 2.75) is 46.5 Å². The number of carboxylic acid groups (broad SMARTS) is 1. The van der Waals surface area contributed by atoms with Crippen LogP contribution in [0.25, 0.3) is 0 Å². The highest BCUT2D eigenvalue weighted by Gasteiger charge is 2.29. The Balaban J connectivity index is 2.87. The Hall–Kier alpha value is -0.790. The summed E-state index contributed by atoms with van der Waals surface area (Å²) in [5, 5.41) is 8.95. The zero-order valence-corrected chi connectivity index (χ0v) is 8.68. The van der Waals surface area contributed by atoms with Crippen LogP contribution in [0.2, 0.25) is 0 Å². The first-order valence-electron chi connectivity index (χ1n) is 4.90. The van der Waals surface area contributed by atoms with Crippen molar-refractivity contribution in [3.05, 3.63) is 11.1 Å². The summed E-state index contributed by atoms with van der Waals surface area (Å²) in [6.45, 7) is 6.33. The highest BCUT2D eigenvalue weighted by molar-refractivity contribution is 5.87. The first kappa shape index (κ1) is 10.3. The second kappa shape index (κ2) is 3.52. The second-order valence-electron chi connectivity index (χ2n) is 4.58. The molecule has 1 fully saturated rings. The Morgan fingerprint density at radius 2 is 2.15 bits per heavy atom. The van der Waals surface area contributed by atoms with Crippen LogP contribution in [-0.2, 0) is 4.79 Å². The highest BCUT2D eigenvalue weighted by atomic mass is 16.4. The molecule has 0 atom stereocenters. The standard InChI is InChI=1S/C11H18O2/c1-4-9(10(12)13)8-5-6-11(2,3)7-8/h4-7H2,1-3H3,(H,12,13)/b9-8-. The molecule has 0 saturated heterocycles. The largest absolute Gasteiger partial charge is 0.478 e. The predicted molar refractivity (Wildman–Crippen MR) is 52.6 cm³/mol. The van der Waals surface area contributed by atoms with E-state index >= 15 is 0 Å².